The van der Waals surface area contributed by atoms with Crippen LogP contribution in [0.25, 0.3) is 0 Å². The van der Waals surface area contributed by atoms with Gasteiger partial charge in [0.15, 0.2) is 11.5 Å². The lowest BCUT2D eigenvalue weighted by atomic mass is 10.1. The Labute approximate surface area is 133 Å². The zero-order valence-electron chi connectivity index (χ0n) is 12.5. The molecule has 5 heteroatoms. The fraction of sp³-hybridized carbons (Fsp3) is 0.235. The smallest absolute Gasteiger partial charge is 0.225 e. The second-order valence-electron chi connectivity index (χ2n) is 4.97. The fourth-order valence-corrected chi connectivity index (χ4v) is 3.70. The summed E-state index contributed by atoms with van der Waals surface area (Å²) in [5.41, 5.74) is 1.93. The summed E-state index contributed by atoms with van der Waals surface area (Å²) in [6, 6.07) is 13.7. The van der Waals surface area contributed by atoms with Crippen LogP contribution >= 0.6 is 11.8 Å². The Kier molecular flexibility index (Phi) is 4.24. The fourth-order valence-electron chi connectivity index (χ4n) is 2.48. The molecule has 22 heavy (non-hydrogen) atoms. The van der Waals surface area contributed by atoms with Crippen molar-refractivity contribution in [3.8, 4) is 11.5 Å². The summed E-state index contributed by atoms with van der Waals surface area (Å²) in [6.07, 6.45) is 0.425. The monoisotopic (exact) mass is 315 g/mol. The van der Waals surface area contributed by atoms with Crippen molar-refractivity contribution in [3.63, 3.8) is 0 Å². The Bertz CT molecular complexity index is 702. The highest BCUT2D eigenvalue weighted by Crippen LogP contribution is 2.45. The molecule has 1 unspecified atom stereocenters. The molecule has 4 nitrogen and oxygen atoms in total. The van der Waals surface area contributed by atoms with Gasteiger partial charge in [0.25, 0.3) is 0 Å². The van der Waals surface area contributed by atoms with Gasteiger partial charge in [-0.05, 0) is 29.8 Å². The van der Waals surface area contributed by atoms with E-state index in [4.69, 9.17) is 9.47 Å². The summed E-state index contributed by atoms with van der Waals surface area (Å²) in [5.74, 6) is 1.39. The molecule has 0 saturated carbocycles. The van der Waals surface area contributed by atoms with Gasteiger partial charge in [-0.3, -0.25) is 4.79 Å². The van der Waals surface area contributed by atoms with Gasteiger partial charge in [0.2, 0.25) is 5.91 Å². The van der Waals surface area contributed by atoms with E-state index in [-0.39, 0.29) is 11.2 Å². The van der Waals surface area contributed by atoms with Crippen LogP contribution in [0.4, 0.5) is 5.69 Å². The number of hydrogen-bond donors (Lipinski definition) is 1. The Morgan fingerprint density at radius 1 is 1.09 bits per heavy atom. The molecule has 0 spiro atoms. The Morgan fingerprint density at radius 2 is 1.86 bits per heavy atom. The van der Waals surface area contributed by atoms with Gasteiger partial charge in [0.1, 0.15) is 0 Å². The van der Waals surface area contributed by atoms with E-state index in [1.165, 1.54) is 0 Å². The third-order valence-electron chi connectivity index (χ3n) is 3.58. The van der Waals surface area contributed by atoms with Crippen molar-refractivity contribution in [2.45, 2.75) is 16.6 Å². The van der Waals surface area contributed by atoms with Crippen LogP contribution < -0.4 is 14.8 Å². The van der Waals surface area contributed by atoms with Crippen molar-refractivity contribution in [1.29, 1.82) is 0 Å². The summed E-state index contributed by atoms with van der Waals surface area (Å²) in [5, 5.41) is 3.00. The molecule has 1 heterocycles. The number of amides is 1. The number of para-hydroxylation sites is 1. The third-order valence-corrected chi connectivity index (χ3v) is 4.91. The maximum Gasteiger partial charge on any atom is 0.225 e. The zero-order chi connectivity index (χ0) is 15.5. The largest absolute Gasteiger partial charge is 0.493 e. The molecule has 2 aromatic carbocycles. The summed E-state index contributed by atoms with van der Waals surface area (Å²) in [4.78, 5) is 13.2. The molecule has 0 aliphatic carbocycles. The number of methoxy groups -OCH3 is 2. The van der Waals surface area contributed by atoms with Crippen LogP contribution in [0.3, 0.4) is 0 Å². The van der Waals surface area contributed by atoms with Gasteiger partial charge in [0, 0.05) is 16.6 Å². The Balaban J connectivity index is 1.96. The molecular formula is C17H17NO3S. The third kappa shape index (κ3) is 2.90. The quantitative estimate of drug-likeness (QED) is 0.934. The zero-order valence-corrected chi connectivity index (χ0v) is 13.3. The highest BCUT2D eigenvalue weighted by atomic mass is 32.2. The molecule has 1 aliphatic heterocycles. The van der Waals surface area contributed by atoms with Gasteiger partial charge in [-0.1, -0.05) is 18.2 Å². The molecular weight excluding hydrogens is 298 g/mol. The first kappa shape index (κ1) is 14.8. The summed E-state index contributed by atoms with van der Waals surface area (Å²) in [6.45, 7) is 0. The highest BCUT2D eigenvalue weighted by molar-refractivity contribution is 7.99. The standard InChI is InChI=1S/C17H17NO3S/c1-20-13-8-7-11(9-14(13)21-2)16-10-17(19)18-12-5-3-4-6-15(12)22-16/h3-9,16H,10H2,1-2H3,(H,18,19). The first-order valence-electron chi connectivity index (χ1n) is 6.98. The number of fused-ring (bicyclic) bond motifs is 1. The van der Waals surface area contributed by atoms with E-state index in [0.29, 0.717) is 17.9 Å². The minimum Gasteiger partial charge on any atom is -0.493 e. The molecule has 0 aromatic heterocycles. The van der Waals surface area contributed by atoms with E-state index in [2.05, 4.69) is 5.32 Å². The van der Waals surface area contributed by atoms with Gasteiger partial charge in [-0.15, -0.1) is 11.8 Å². The molecule has 0 fully saturated rings. The molecule has 1 atom stereocenters. The Hall–Kier alpha value is -2.14. The average molecular weight is 315 g/mol. The highest BCUT2D eigenvalue weighted by Gasteiger charge is 2.24. The van der Waals surface area contributed by atoms with Crippen molar-refractivity contribution in [2.75, 3.05) is 19.5 Å². The van der Waals surface area contributed by atoms with E-state index in [0.717, 1.165) is 16.1 Å². The molecule has 1 N–H and O–H groups in total. The van der Waals surface area contributed by atoms with E-state index in [9.17, 15) is 4.79 Å². The maximum atomic E-state index is 12.1. The van der Waals surface area contributed by atoms with Gasteiger partial charge in [-0.2, -0.15) is 0 Å². The van der Waals surface area contributed by atoms with E-state index >= 15 is 0 Å². The lowest BCUT2D eigenvalue weighted by Gasteiger charge is -2.16. The number of rotatable bonds is 3. The van der Waals surface area contributed by atoms with Crippen LogP contribution in [0.5, 0.6) is 11.5 Å². The molecule has 0 radical (unpaired) electrons. The van der Waals surface area contributed by atoms with E-state index in [1.54, 1.807) is 26.0 Å². The van der Waals surface area contributed by atoms with Crippen molar-refractivity contribution < 1.29 is 14.3 Å². The SMILES string of the molecule is COc1ccc(C2CC(=O)Nc3ccccc3S2)cc1OC. The first-order valence-corrected chi connectivity index (χ1v) is 7.86. The van der Waals surface area contributed by atoms with Gasteiger partial charge in [-0.25, -0.2) is 0 Å². The van der Waals surface area contributed by atoms with Gasteiger partial charge in [0.05, 0.1) is 19.9 Å². The van der Waals surface area contributed by atoms with E-state index in [1.807, 2.05) is 42.5 Å². The van der Waals surface area contributed by atoms with Gasteiger partial charge < -0.3 is 14.8 Å². The number of anilines is 1. The molecule has 1 amide bonds. The number of hydrogen-bond acceptors (Lipinski definition) is 4. The molecule has 3 rings (SSSR count). The van der Waals surface area contributed by atoms with Crippen LogP contribution in [-0.2, 0) is 4.79 Å². The minimum atomic E-state index is 0.0252. The van der Waals surface area contributed by atoms with E-state index < -0.39 is 0 Å². The molecule has 0 bridgehead atoms. The lowest BCUT2D eigenvalue weighted by molar-refractivity contribution is -0.116. The number of carbonyl (C=O) groups is 1. The normalized spacial score (nSPS) is 17.2. The summed E-state index contributed by atoms with van der Waals surface area (Å²) < 4.78 is 10.6. The predicted octanol–water partition coefficient (Wildman–Crippen LogP) is 3.88. The minimum absolute atomic E-state index is 0.0252. The molecule has 0 saturated heterocycles. The number of thioether (sulfide) groups is 1. The Morgan fingerprint density at radius 3 is 2.64 bits per heavy atom. The molecule has 1 aliphatic rings. The molecule has 114 valence electrons. The molecule has 2 aromatic rings. The number of carbonyl (C=O) groups excluding carboxylic acids is 1. The second-order valence-corrected chi connectivity index (χ2v) is 6.21. The van der Waals surface area contributed by atoms with Crippen molar-refractivity contribution in [3.05, 3.63) is 48.0 Å². The second kappa shape index (κ2) is 6.32. The lowest BCUT2D eigenvalue weighted by Crippen LogP contribution is -2.12. The van der Waals surface area contributed by atoms with Crippen molar-refractivity contribution in [1.82, 2.24) is 0 Å². The van der Waals surface area contributed by atoms with Crippen LogP contribution in [0.15, 0.2) is 47.4 Å². The van der Waals surface area contributed by atoms with Crippen LogP contribution in [0, 0.1) is 0 Å². The number of ether oxygens (including phenoxy) is 2. The predicted molar refractivity (Wildman–Crippen MR) is 87.8 cm³/mol. The topological polar surface area (TPSA) is 47.6 Å². The van der Waals surface area contributed by atoms with Crippen LogP contribution in [0.1, 0.15) is 17.2 Å². The summed E-state index contributed by atoms with van der Waals surface area (Å²) >= 11 is 1.69. The van der Waals surface area contributed by atoms with Crippen molar-refractivity contribution >= 4 is 23.4 Å². The number of nitrogens with one attached hydrogen (secondary N) is 1. The first-order chi connectivity index (χ1) is 10.7. The number of benzene rings is 2. The average Bonchev–Trinajstić information content (AvgIpc) is 2.72. The van der Waals surface area contributed by atoms with Crippen LogP contribution in [-0.4, -0.2) is 20.1 Å². The summed E-state index contributed by atoms with van der Waals surface area (Å²) in [7, 11) is 3.23. The van der Waals surface area contributed by atoms with Gasteiger partial charge >= 0.3 is 0 Å². The maximum absolute atomic E-state index is 12.1. The van der Waals surface area contributed by atoms with Crippen molar-refractivity contribution in [2.24, 2.45) is 0 Å². The van der Waals surface area contributed by atoms with Crippen LogP contribution in [0.2, 0.25) is 0 Å².